The molecule has 2 N–H and O–H groups in total. The van der Waals surface area contributed by atoms with Crippen molar-refractivity contribution in [3.63, 3.8) is 0 Å². The van der Waals surface area contributed by atoms with Crippen LogP contribution in [0.5, 0.6) is 5.75 Å². The fraction of sp³-hybridized carbons (Fsp3) is 0.286. The summed E-state index contributed by atoms with van der Waals surface area (Å²) >= 11 is 5.62. The second-order valence-corrected chi connectivity index (χ2v) is 7.67. The molecule has 0 radical (unpaired) electrons. The molecule has 0 spiro atoms. The highest BCUT2D eigenvalue weighted by atomic mass is 35.5. The van der Waals surface area contributed by atoms with Gasteiger partial charge in [-0.1, -0.05) is 23.7 Å². The van der Waals surface area contributed by atoms with Gasteiger partial charge in [-0.2, -0.15) is 47.9 Å². The second-order valence-electron chi connectivity index (χ2n) is 5.69. The quantitative estimate of drug-likeness (QED) is 0.460. The molecular weight excluding hydrogens is 497 g/mol. The third-order valence-electron chi connectivity index (χ3n) is 3.59. The minimum Gasteiger partial charge on any atom is -0.382 e. The lowest BCUT2D eigenvalue weighted by Gasteiger charge is -2.32. The molecule has 0 amide bonds. The topological polar surface area (TPSA) is 95.2 Å². The molecule has 0 unspecified atom stereocenters. The molecule has 0 aliphatic rings. The molecule has 1 aromatic carbocycles. The molecule has 31 heavy (non-hydrogen) atoms. The number of nitrogen functional groups attached to an aromatic ring is 1. The molecule has 0 atom stereocenters. The van der Waals surface area contributed by atoms with E-state index in [1.54, 1.807) is 0 Å². The van der Waals surface area contributed by atoms with Gasteiger partial charge in [-0.05, 0) is 23.8 Å². The van der Waals surface area contributed by atoms with Crippen LogP contribution in [0, 0.1) is 0 Å². The average molecular weight is 504 g/mol. The minimum atomic E-state index is -7.40. The van der Waals surface area contributed by atoms with Crippen molar-refractivity contribution in [1.29, 1.82) is 0 Å². The molecule has 0 saturated heterocycles. The molecule has 2 aromatic rings. The Hall–Kier alpha value is -2.49. The standard InChI is InChI=1S/C14H7ClF9N3O3S/c15-9-5-8(10(25)27-26-9)6-1-3-7(4-2-6)30-31(28,29)14(23,24)12(18,19)11(16,17)13(20,21)22/h1-5H,(H2,25,27). The van der Waals surface area contributed by atoms with Crippen LogP contribution in [0.1, 0.15) is 0 Å². The molecule has 172 valence electrons. The SMILES string of the molecule is Nc1nnc(Cl)cc1-c1ccc(OS(=O)(=O)C(F)(F)C(F)(F)C(F)(F)C(F)(F)F)cc1. The molecule has 0 aliphatic carbocycles. The van der Waals surface area contributed by atoms with Crippen LogP contribution in [0.4, 0.5) is 45.3 Å². The lowest BCUT2D eigenvalue weighted by Crippen LogP contribution is -2.63. The number of halogens is 10. The fourth-order valence-corrected chi connectivity index (χ4v) is 3.05. The first kappa shape index (κ1) is 24.8. The van der Waals surface area contributed by atoms with Crippen LogP contribution < -0.4 is 9.92 Å². The molecule has 0 bridgehead atoms. The predicted molar refractivity (Wildman–Crippen MR) is 87.3 cm³/mol. The van der Waals surface area contributed by atoms with Crippen LogP contribution in [0.25, 0.3) is 11.1 Å². The summed E-state index contributed by atoms with van der Waals surface area (Å²) in [7, 11) is -7.04. The summed E-state index contributed by atoms with van der Waals surface area (Å²) in [6, 6.07) is 4.32. The smallest absolute Gasteiger partial charge is 0.382 e. The number of rotatable bonds is 6. The van der Waals surface area contributed by atoms with Crippen LogP contribution in [0.2, 0.25) is 5.15 Å². The summed E-state index contributed by atoms with van der Waals surface area (Å²) in [6.07, 6.45) is -7.18. The van der Waals surface area contributed by atoms with Crippen molar-refractivity contribution in [3.05, 3.63) is 35.5 Å². The Morgan fingerprint density at radius 1 is 0.871 bits per heavy atom. The Bertz CT molecular complexity index is 1080. The third-order valence-corrected chi connectivity index (χ3v) is 5.07. The number of nitrogens with zero attached hydrogens (tertiary/aromatic N) is 2. The van der Waals surface area contributed by atoms with Crippen molar-refractivity contribution in [2.75, 3.05) is 5.73 Å². The molecule has 1 heterocycles. The first-order chi connectivity index (χ1) is 13.8. The van der Waals surface area contributed by atoms with E-state index in [1.165, 1.54) is 6.07 Å². The number of anilines is 1. The molecule has 1 aromatic heterocycles. The third kappa shape index (κ3) is 4.17. The number of hydrogen-bond acceptors (Lipinski definition) is 6. The number of aromatic nitrogens is 2. The van der Waals surface area contributed by atoms with Gasteiger partial charge in [0.1, 0.15) is 5.75 Å². The van der Waals surface area contributed by atoms with Gasteiger partial charge in [-0.15, -0.1) is 10.2 Å². The summed E-state index contributed by atoms with van der Waals surface area (Å²) < 4.78 is 143. The van der Waals surface area contributed by atoms with Gasteiger partial charge < -0.3 is 9.92 Å². The Morgan fingerprint density at radius 2 is 1.39 bits per heavy atom. The van der Waals surface area contributed by atoms with Gasteiger partial charge in [-0.3, -0.25) is 0 Å². The largest absolute Gasteiger partial charge is 0.460 e. The minimum absolute atomic E-state index is 0.121. The number of benzene rings is 1. The van der Waals surface area contributed by atoms with Gasteiger partial charge in [0.2, 0.25) is 0 Å². The van der Waals surface area contributed by atoms with Crippen molar-refractivity contribution in [1.82, 2.24) is 10.2 Å². The fourth-order valence-electron chi connectivity index (χ4n) is 2.00. The van der Waals surface area contributed by atoms with E-state index >= 15 is 0 Å². The van der Waals surface area contributed by atoms with Crippen LogP contribution in [-0.4, -0.2) is 41.9 Å². The zero-order chi connectivity index (χ0) is 24.0. The van der Waals surface area contributed by atoms with Crippen molar-refractivity contribution < 1.29 is 52.1 Å². The first-order valence-corrected chi connectivity index (χ1v) is 9.17. The Labute approximate surface area is 171 Å². The van der Waals surface area contributed by atoms with Gasteiger partial charge in [-0.25, -0.2) is 0 Å². The van der Waals surface area contributed by atoms with E-state index in [-0.39, 0.29) is 22.1 Å². The second kappa shape index (κ2) is 7.58. The van der Waals surface area contributed by atoms with Gasteiger partial charge in [0, 0.05) is 5.56 Å². The lowest BCUT2D eigenvalue weighted by molar-refractivity contribution is -0.382. The highest BCUT2D eigenvalue weighted by molar-refractivity contribution is 7.88. The van der Waals surface area contributed by atoms with Gasteiger partial charge in [0.05, 0.1) is 0 Å². The average Bonchev–Trinajstić information content (AvgIpc) is 2.62. The monoisotopic (exact) mass is 503 g/mol. The van der Waals surface area contributed by atoms with E-state index in [9.17, 15) is 47.9 Å². The zero-order valence-corrected chi connectivity index (χ0v) is 15.8. The van der Waals surface area contributed by atoms with Crippen LogP contribution in [-0.2, 0) is 10.1 Å². The summed E-state index contributed by atoms with van der Waals surface area (Å²) in [6.45, 7) is 0. The van der Waals surface area contributed by atoms with E-state index in [1.807, 2.05) is 0 Å². The maximum absolute atomic E-state index is 13.6. The molecule has 2 rings (SSSR count). The van der Waals surface area contributed by atoms with Crippen LogP contribution in [0.15, 0.2) is 30.3 Å². The first-order valence-electron chi connectivity index (χ1n) is 7.38. The molecular formula is C14H7ClF9N3O3S. The van der Waals surface area contributed by atoms with E-state index in [4.69, 9.17) is 17.3 Å². The highest BCUT2D eigenvalue weighted by Gasteiger charge is 2.86. The molecule has 17 heteroatoms. The van der Waals surface area contributed by atoms with E-state index in [0.717, 1.165) is 12.1 Å². The van der Waals surface area contributed by atoms with Gasteiger partial charge >= 0.3 is 33.4 Å². The molecule has 0 aliphatic heterocycles. The number of nitrogens with two attached hydrogens (primary N) is 1. The van der Waals surface area contributed by atoms with Gasteiger partial charge in [0.15, 0.2) is 11.0 Å². The van der Waals surface area contributed by atoms with Crippen molar-refractivity contribution >= 4 is 27.5 Å². The number of hydrogen-bond donors (Lipinski definition) is 1. The van der Waals surface area contributed by atoms with Crippen LogP contribution in [0.3, 0.4) is 0 Å². The van der Waals surface area contributed by atoms with Crippen molar-refractivity contribution in [2.45, 2.75) is 23.3 Å². The van der Waals surface area contributed by atoms with Gasteiger partial charge in [0.25, 0.3) is 0 Å². The summed E-state index contributed by atoms with van der Waals surface area (Å²) in [4.78, 5) is 0. The maximum Gasteiger partial charge on any atom is 0.460 e. The Balaban J connectivity index is 2.38. The Kier molecular flexibility index (Phi) is 6.06. The van der Waals surface area contributed by atoms with Crippen molar-refractivity contribution in [3.8, 4) is 16.9 Å². The summed E-state index contributed by atoms with van der Waals surface area (Å²) in [5.41, 5.74) is 5.78. The Morgan fingerprint density at radius 3 is 1.87 bits per heavy atom. The lowest BCUT2D eigenvalue weighted by atomic mass is 10.1. The van der Waals surface area contributed by atoms with E-state index < -0.39 is 39.1 Å². The predicted octanol–water partition coefficient (Wildman–Crippen LogP) is 4.51. The molecule has 6 nitrogen and oxygen atoms in total. The van der Waals surface area contributed by atoms with E-state index in [0.29, 0.717) is 12.1 Å². The molecule has 0 saturated carbocycles. The summed E-state index contributed by atoms with van der Waals surface area (Å²) in [5, 5.41) is -0.222. The highest BCUT2D eigenvalue weighted by Crippen LogP contribution is 2.55. The normalized spacial score (nSPS) is 13.9. The summed E-state index contributed by atoms with van der Waals surface area (Å²) in [5.74, 6) is -16.1. The van der Waals surface area contributed by atoms with E-state index in [2.05, 4.69) is 14.4 Å². The maximum atomic E-state index is 13.6. The van der Waals surface area contributed by atoms with Crippen molar-refractivity contribution in [2.24, 2.45) is 0 Å². The molecule has 0 fully saturated rings. The zero-order valence-electron chi connectivity index (χ0n) is 14.3. The van der Waals surface area contributed by atoms with Crippen LogP contribution >= 0.6 is 11.6 Å². The number of alkyl halides is 9.